The number of rotatable bonds is 9. The summed E-state index contributed by atoms with van der Waals surface area (Å²) in [5.41, 5.74) is 1.87. The van der Waals surface area contributed by atoms with E-state index in [9.17, 15) is 18.3 Å². The van der Waals surface area contributed by atoms with Crippen molar-refractivity contribution in [2.24, 2.45) is 5.92 Å². The molecule has 0 aromatic heterocycles. The van der Waals surface area contributed by atoms with Gasteiger partial charge in [0.25, 0.3) is 0 Å². The molecule has 196 valence electrons. The highest BCUT2D eigenvalue weighted by molar-refractivity contribution is 7.88. The van der Waals surface area contributed by atoms with E-state index in [1.807, 2.05) is 85.7 Å². The first-order valence-electron chi connectivity index (χ1n) is 12.3. The van der Waals surface area contributed by atoms with Crippen LogP contribution in [0, 0.1) is 5.92 Å². The number of hydrogen-bond acceptors (Lipinski definition) is 5. The average molecular weight is 523 g/mol. The number of sulfonamides is 1. The van der Waals surface area contributed by atoms with Crippen molar-refractivity contribution in [3.8, 4) is 5.75 Å². The third-order valence-electron chi connectivity index (χ3n) is 7.27. The Hall–Kier alpha value is -3.20. The molecule has 0 amide bonds. The molecule has 2 unspecified atom stereocenters. The van der Waals surface area contributed by atoms with E-state index in [-0.39, 0.29) is 30.3 Å². The minimum Gasteiger partial charge on any atom is -0.497 e. The number of aromatic carboxylic acids is 1. The number of carboxylic acid groups (broad SMARTS) is 1. The highest BCUT2D eigenvalue weighted by atomic mass is 32.2. The van der Waals surface area contributed by atoms with Gasteiger partial charge in [0.05, 0.1) is 18.4 Å². The summed E-state index contributed by atoms with van der Waals surface area (Å²) >= 11 is 0. The molecule has 1 fully saturated rings. The van der Waals surface area contributed by atoms with Crippen LogP contribution < -0.4 is 4.74 Å². The van der Waals surface area contributed by atoms with Crippen LogP contribution in [0.4, 0.5) is 0 Å². The fraction of sp³-hybridized carbons (Fsp3) is 0.345. The molecule has 37 heavy (non-hydrogen) atoms. The number of carboxylic acids is 1. The molecule has 1 saturated heterocycles. The van der Waals surface area contributed by atoms with Gasteiger partial charge in [-0.1, -0.05) is 60.7 Å². The lowest BCUT2D eigenvalue weighted by Gasteiger charge is -2.49. The summed E-state index contributed by atoms with van der Waals surface area (Å²) in [5.74, 6) is -0.608. The summed E-state index contributed by atoms with van der Waals surface area (Å²) in [6.45, 7) is 1.13. The molecule has 1 aliphatic heterocycles. The van der Waals surface area contributed by atoms with E-state index in [0.29, 0.717) is 24.3 Å². The zero-order valence-corrected chi connectivity index (χ0v) is 22.3. The second kappa shape index (κ2) is 11.0. The minimum absolute atomic E-state index is 0.0691. The van der Waals surface area contributed by atoms with Crippen LogP contribution in [-0.2, 0) is 21.2 Å². The minimum atomic E-state index is -3.59. The molecular weight excluding hydrogens is 488 g/mol. The Kier molecular flexibility index (Phi) is 8.02. The molecule has 4 rings (SSSR count). The number of carbonyl (C=O) groups is 1. The van der Waals surface area contributed by atoms with Crippen molar-refractivity contribution in [1.82, 2.24) is 9.21 Å². The number of piperidine rings is 1. The maximum absolute atomic E-state index is 13.5. The largest absolute Gasteiger partial charge is 0.497 e. The van der Waals surface area contributed by atoms with Gasteiger partial charge in [0.1, 0.15) is 5.75 Å². The summed E-state index contributed by atoms with van der Waals surface area (Å²) < 4.78 is 34.2. The monoisotopic (exact) mass is 522 g/mol. The number of methoxy groups -OCH3 is 1. The fourth-order valence-corrected chi connectivity index (χ4v) is 7.20. The van der Waals surface area contributed by atoms with Crippen molar-refractivity contribution in [2.75, 3.05) is 40.8 Å². The van der Waals surface area contributed by atoms with Gasteiger partial charge in [-0.25, -0.2) is 17.5 Å². The number of nitrogens with zero attached hydrogens (tertiary/aromatic N) is 2. The van der Waals surface area contributed by atoms with Gasteiger partial charge in [-0.15, -0.1) is 0 Å². The Morgan fingerprint density at radius 2 is 1.76 bits per heavy atom. The molecule has 7 nitrogen and oxygen atoms in total. The van der Waals surface area contributed by atoms with Gasteiger partial charge in [0, 0.05) is 25.0 Å². The SMILES string of the molecule is COc1cccc(C2(c3ccccc3C(=O)O)CCN(S(=O)(=O)Cc3ccccc3)CC2CN(C)C)c1. The molecule has 3 aromatic carbocycles. The predicted octanol–water partition coefficient (Wildman–Crippen LogP) is 4.09. The standard InChI is InChI=1S/C29H34N2O5S/c1-30(2)19-24-20-31(37(34,35)21-22-10-5-4-6-11-22)17-16-29(24,23-12-9-13-25(18-23)36-3)27-15-8-7-14-26(27)28(32)33/h4-15,18,24H,16-17,19-21H2,1-3H3,(H,32,33). The van der Waals surface area contributed by atoms with Gasteiger partial charge in [-0.05, 0) is 61.3 Å². The molecule has 0 aliphatic carbocycles. The quantitative estimate of drug-likeness (QED) is 0.456. The van der Waals surface area contributed by atoms with Crippen LogP contribution in [0.5, 0.6) is 5.75 Å². The summed E-state index contributed by atoms with van der Waals surface area (Å²) in [6, 6.07) is 24.0. The van der Waals surface area contributed by atoms with Crippen LogP contribution >= 0.6 is 0 Å². The lowest BCUT2D eigenvalue weighted by Crippen LogP contribution is -2.55. The Morgan fingerprint density at radius 1 is 1.05 bits per heavy atom. The van der Waals surface area contributed by atoms with E-state index >= 15 is 0 Å². The van der Waals surface area contributed by atoms with Gasteiger partial charge in [-0.3, -0.25) is 0 Å². The molecule has 0 saturated carbocycles. The topological polar surface area (TPSA) is 87.1 Å². The van der Waals surface area contributed by atoms with Crippen LogP contribution in [0.1, 0.15) is 33.5 Å². The predicted molar refractivity (Wildman–Crippen MR) is 144 cm³/mol. The Labute approximate surface area is 219 Å². The second-order valence-corrected chi connectivity index (χ2v) is 11.8. The molecule has 1 heterocycles. The first kappa shape index (κ1) is 26.9. The Balaban J connectivity index is 1.85. The van der Waals surface area contributed by atoms with Crippen LogP contribution in [-0.4, -0.2) is 69.5 Å². The third kappa shape index (κ3) is 5.56. The smallest absolute Gasteiger partial charge is 0.335 e. The summed E-state index contributed by atoms with van der Waals surface area (Å²) in [6.07, 6.45) is 0.441. The second-order valence-electron chi connectivity index (χ2n) is 9.86. The first-order chi connectivity index (χ1) is 17.7. The fourth-order valence-electron chi connectivity index (χ4n) is 5.63. The summed E-state index contributed by atoms with van der Waals surface area (Å²) in [5, 5.41) is 10.1. The zero-order chi connectivity index (χ0) is 26.6. The van der Waals surface area contributed by atoms with Crippen molar-refractivity contribution in [1.29, 1.82) is 0 Å². The van der Waals surface area contributed by atoms with E-state index in [2.05, 4.69) is 0 Å². The summed E-state index contributed by atoms with van der Waals surface area (Å²) in [7, 11) is 1.93. The van der Waals surface area contributed by atoms with E-state index < -0.39 is 21.4 Å². The lowest BCUT2D eigenvalue weighted by atomic mass is 9.61. The molecule has 2 atom stereocenters. The molecule has 3 aromatic rings. The molecule has 1 aliphatic rings. The highest BCUT2D eigenvalue weighted by Gasteiger charge is 2.49. The van der Waals surface area contributed by atoms with E-state index in [1.165, 1.54) is 0 Å². The Bertz CT molecular complexity index is 1340. The van der Waals surface area contributed by atoms with Crippen molar-refractivity contribution in [3.63, 3.8) is 0 Å². The molecule has 8 heteroatoms. The molecular formula is C29H34N2O5S. The maximum atomic E-state index is 13.5. The maximum Gasteiger partial charge on any atom is 0.335 e. The van der Waals surface area contributed by atoms with Gasteiger partial charge in [-0.2, -0.15) is 0 Å². The van der Waals surface area contributed by atoms with Crippen LogP contribution in [0.15, 0.2) is 78.9 Å². The van der Waals surface area contributed by atoms with Crippen molar-refractivity contribution < 1.29 is 23.1 Å². The number of hydrogen-bond donors (Lipinski definition) is 1. The Morgan fingerprint density at radius 3 is 2.43 bits per heavy atom. The van der Waals surface area contributed by atoms with Gasteiger partial charge in [0.2, 0.25) is 10.0 Å². The van der Waals surface area contributed by atoms with Crippen molar-refractivity contribution in [2.45, 2.75) is 17.6 Å². The average Bonchev–Trinajstić information content (AvgIpc) is 2.88. The van der Waals surface area contributed by atoms with Crippen LogP contribution in [0.2, 0.25) is 0 Å². The van der Waals surface area contributed by atoms with Crippen LogP contribution in [0.3, 0.4) is 0 Å². The first-order valence-corrected chi connectivity index (χ1v) is 13.9. The number of ether oxygens (including phenoxy) is 1. The van der Waals surface area contributed by atoms with Gasteiger partial charge < -0.3 is 14.7 Å². The third-order valence-corrected chi connectivity index (χ3v) is 9.09. The lowest BCUT2D eigenvalue weighted by molar-refractivity contribution is 0.0689. The number of benzene rings is 3. The van der Waals surface area contributed by atoms with Crippen molar-refractivity contribution in [3.05, 3.63) is 101 Å². The molecule has 0 spiro atoms. The zero-order valence-electron chi connectivity index (χ0n) is 21.5. The normalized spacial score (nSPS) is 20.6. The molecule has 1 N–H and O–H groups in total. The van der Waals surface area contributed by atoms with Crippen LogP contribution in [0.25, 0.3) is 0 Å². The van der Waals surface area contributed by atoms with Gasteiger partial charge >= 0.3 is 5.97 Å². The molecule has 0 radical (unpaired) electrons. The summed E-state index contributed by atoms with van der Waals surface area (Å²) in [4.78, 5) is 14.4. The van der Waals surface area contributed by atoms with E-state index in [1.54, 1.807) is 23.5 Å². The highest BCUT2D eigenvalue weighted by Crippen LogP contribution is 2.48. The molecule has 0 bridgehead atoms. The van der Waals surface area contributed by atoms with Crippen molar-refractivity contribution >= 4 is 16.0 Å². The van der Waals surface area contributed by atoms with E-state index in [4.69, 9.17) is 4.74 Å². The van der Waals surface area contributed by atoms with E-state index in [0.717, 1.165) is 11.1 Å². The van der Waals surface area contributed by atoms with Gasteiger partial charge in [0.15, 0.2) is 0 Å².